The van der Waals surface area contributed by atoms with Crippen LogP contribution in [0.15, 0.2) is 12.1 Å². The van der Waals surface area contributed by atoms with Crippen LogP contribution in [0.5, 0.6) is 17.2 Å². The fourth-order valence-corrected chi connectivity index (χ4v) is 2.78. The minimum atomic E-state index is -0.593. The number of nitrogens with zero attached hydrogens (tertiary/aromatic N) is 1. The lowest BCUT2D eigenvalue weighted by atomic mass is 10.0. The van der Waals surface area contributed by atoms with E-state index < -0.39 is 6.10 Å². The van der Waals surface area contributed by atoms with Crippen LogP contribution in [0.4, 0.5) is 0 Å². The van der Waals surface area contributed by atoms with Gasteiger partial charge >= 0.3 is 0 Å². The quantitative estimate of drug-likeness (QED) is 0.785. The maximum Gasteiger partial charge on any atom is 0.203 e. The summed E-state index contributed by atoms with van der Waals surface area (Å²) in [5.74, 6) is 1.65. The molecule has 1 aromatic rings. The molecule has 0 amide bonds. The van der Waals surface area contributed by atoms with Crippen LogP contribution in [0.3, 0.4) is 0 Å². The summed E-state index contributed by atoms with van der Waals surface area (Å²) in [5, 5.41) is 13.9. The molecule has 0 aromatic heterocycles. The lowest BCUT2D eigenvalue weighted by Crippen LogP contribution is -2.44. The van der Waals surface area contributed by atoms with E-state index in [0.29, 0.717) is 23.7 Å². The van der Waals surface area contributed by atoms with Crippen LogP contribution in [0, 0.1) is 0 Å². The summed E-state index contributed by atoms with van der Waals surface area (Å²) in [6.45, 7) is 4.93. The maximum atomic E-state index is 10.5. The van der Waals surface area contributed by atoms with Gasteiger partial charge in [-0.2, -0.15) is 0 Å². The molecule has 1 aliphatic heterocycles. The third-order valence-corrected chi connectivity index (χ3v) is 4.02. The standard InChI is InChI=1S/C16H26N2O4/c1-20-14-5-4-12(15(21-2)16(14)22-3)13(19)6-9-18-10-7-17-8-11-18/h4-5,13,17,19H,6-11H2,1-3H3. The number of nitrogens with one attached hydrogen (secondary N) is 1. The number of aliphatic hydroxyl groups excluding tert-OH is 1. The molecule has 6 nitrogen and oxygen atoms in total. The van der Waals surface area contributed by atoms with Gasteiger partial charge in [0.2, 0.25) is 5.75 Å². The molecule has 124 valence electrons. The highest BCUT2D eigenvalue weighted by atomic mass is 16.5. The summed E-state index contributed by atoms with van der Waals surface area (Å²) in [5.41, 5.74) is 0.732. The monoisotopic (exact) mass is 310 g/mol. The predicted octanol–water partition coefficient (Wildman–Crippen LogP) is 1.04. The predicted molar refractivity (Wildman–Crippen MR) is 85.0 cm³/mol. The van der Waals surface area contributed by atoms with Crippen molar-refractivity contribution < 1.29 is 19.3 Å². The Balaban J connectivity index is 2.09. The van der Waals surface area contributed by atoms with Crippen molar-refractivity contribution in [3.8, 4) is 17.2 Å². The number of hydrogen-bond acceptors (Lipinski definition) is 6. The Bertz CT molecular complexity index is 475. The zero-order valence-electron chi connectivity index (χ0n) is 13.6. The normalized spacial score (nSPS) is 17.1. The third kappa shape index (κ3) is 3.82. The molecular formula is C16H26N2O4. The molecule has 1 heterocycles. The Labute approximate surface area is 132 Å². The Morgan fingerprint density at radius 2 is 1.77 bits per heavy atom. The number of hydrogen-bond donors (Lipinski definition) is 2. The first-order valence-corrected chi connectivity index (χ1v) is 7.61. The van der Waals surface area contributed by atoms with E-state index in [4.69, 9.17) is 14.2 Å². The first kappa shape index (κ1) is 16.9. The molecular weight excluding hydrogens is 284 g/mol. The molecule has 0 spiro atoms. The van der Waals surface area contributed by atoms with Gasteiger partial charge in [-0.05, 0) is 18.6 Å². The van der Waals surface area contributed by atoms with Crippen LogP contribution in [0.25, 0.3) is 0 Å². The zero-order valence-corrected chi connectivity index (χ0v) is 13.6. The third-order valence-electron chi connectivity index (χ3n) is 4.02. The summed E-state index contributed by atoms with van der Waals surface area (Å²) in [6.07, 6.45) is 0.0657. The van der Waals surface area contributed by atoms with E-state index >= 15 is 0 Å². The van der Waals surface area contributed by atoms with E-state index in [1.165, 1.54) is 0 Å². The van der Waals surface area contributed by atoms with Crippen LogP contribution in [-0.2, 0) is 0 Å². The van der Waals surface area contributed by atoms with Crippen LogP contribution in [0.1, 0.15) is 18.1 Å². The van der Waals surface area contributed by atoms with Gasteiger partial charge in [-0.25, -0.2) is 0 Å². The molecule has 6 heteroatoms. The Hall–Kier alpha value is -1.50. The van der Waals surface area contributed by atoms with Crippen molar-refractivity contribution in [3.05, 3.63) is 17.7 Å². The molecule has 2 rings (SSSR count). The lowest BCUT2D eigenvalue weighted by molar-refractivity contribution is 0.133. The molecule has 2 N–H and O–H groups in total. The second-order valence-electron chi connectivity index (χ2n) is 5.32. The van der Waals surface area contributed by atoms with E-state index in [-0.39, 0.29) is 0 Å². The Morgan fingerprint density at radius 3 is 2.36 bits per heavy atom. The van der Waals surface area contributed by atoms with Crippen molar-refractivity contribution >= 4 is 0 Å². The number of piperazine rings is 1. The van der Waals surface area contributed by atoms with Crippen molar-refractivity contribution in [2.75, 3.05) is 54.1 Å². The van der Waals surface area contributed by atoms with Crippen LogP contribution in [-0.4, -0.2) is 64.1 Å². The van der Waals surface area contributed by atoms with Crippen molar-refractivity contribution in [1.82, 2.24) is 10.2 Å². The van der Waals surface area contributed by atoms with Gasteiger partial charge in [-0.3, -0.25) is 0 Å². The molecule has 1 saturated heterocycles. The molecule has 0 bridgehead atoms. The smallest absolute Gasteiger partial charge is 0.203 e. The topological polar surface area (TPSA) is 63.2 Å². The first-order chi connectivity index (χ1) is 10.7. The van der Waals surface area contributed by atoms with Gasteiger partial charge < -0.3 is 29.5 Å². The van der Waals surface area contributed by atoms with Gasteiger partial charge in [-0.1, -0.05) is 0 Å². The highest BCUT2D eigenvalue weighted by molar-refractivity contribution is 5.56. The van der Waals surface area contributed by atoms with Gasteiger partial charge in [0.1, 0.15) is 0 Å². The molecule has 22 heavy (non-hydrogen) atoms. The van der Waals surface area contributed by atoms with Crippen molar-refractivity contribution in [3.63, 3.8) is 0 Å². The van der Waals surface area contributed by atoms with Gasteiger partial charge in [-0.15, -0.1) is 0 Å². The largest absolute Gasteiger partial charge is 0.493 e. The summed E-state index contributed by atoms with van der Waals surface area (Å²) in [4.78, 5) is 2.35. The van der Waals surface area contributed by atoms with Crippen molar-refractivity contribution in [2.24, 2.45) is 0 Å². The van der Waals surface area contributed by atoms with Crippen molar-refractivity contribution in [1.29, 1.82) is 0 Å². The molecule has 1 atom stereocenters. The summed E-state index contributed by atoms with van der Waals surface area (Å²) in [6, 6.07) is 3.63. The van der Waals surface area contributed by atoms with Crippen LogP contribution < -0.4 is 19.5 Å². The number of rotatable bonds is 7. The van der Waals surface area contributed by atoms with Gasteiger partial charge in [0.05, 0.1) is 27.4 Å². The molecule has 0 radical (unpaired) electrons. The number of aliphatic hydroxyl groups is 1. The highest BCUT2D eigenvalue weighted by Crippen LogP contribution is 2.42. The average Bonchev–Trinajstić information content (AvgIpc) is 2.58. The molecule has 1 fully saturated rings. The van der Waals surface area contributed by atoms with E-state index in [9.17, 15) is 5.11 Å². The maximum absolute atomic E-state index is 10.5. The van der Waals surface area contributed by atoms with Gasteiger partial charge in [0, 0.05) is 38.3 Å². The van der Waals surface area contributed by atoms with E-state index in [2.05, 4.69) is 10.2 Å². The molecule has 0 saturated carbocycles. The van der Waals surface area contributed by atoms with E-state index in [1.54, 1.807) is 27.4 Å². The fraction of sp³-hybridized carbons (Fsp3) is 0.625. The van der Waals surface area contributed by atoms with Gasteiger partial charge in [0.25, 0.3) is 0 Å². The van der Waals surface area contributed by atoms with E-state index in [0.717, 1.165) is 38.3 Å². The fourth-order valence-electron chi connectivity index (χ4n) is 2.78. The minimum Gasteiger partial charge on any atom is -0.493 e. The van der Waals surface area contributed by atoms with Crippen molar-refractivity contribution in [2.45, 2.75) is 12.5 Å². The Morgan fingerprint density at radius 1 is 1.09 bits per heavy atom. The Kier molecular flexibility index (Phi) is 6.30. The summed E-state index contributed by atoms with van der Waals surface area (Å²) < 4.78 is 16.1. The molecule has 1 unspecified atom stereocenters. The molecule has 1 aliphatic rings. The number of benzene rings is 1. The second kappa shape index (κ2) is 8.22. The van der Waals surface area contributed by atoms with Gasteiger partial charge in [0.15, 0.2) is 11.5 Å². The van der Waals surface area contributed by atoms with Crippen LogP contribution in [0.2, 0.25) is 0 Å². The molecule has 1 aromatic carbocycles. The zero-order chi connectivity index (χ0) is 15.9. The lowest BCUT2D eigenvalue weighted by Gasteiger charge is -2.28. The number of methoxy groups -OCH3 is 3. The summed E-state index contributed by atoms with van der Waals surface area (Å²) in [7, 11) is 4.72. The summed E-state index contributed by atoms with van der Waals surface area (Å²) >= 11 is 0. The SMILES string of the molecule is COc1ccc(C(O)CCN2CCNCC2)c(OC)c1OC. The first-order valence-electron chi connectivity index (χ1n) is 7.61. The highest BCUT2D eigenvalue weighted by Gasteiger charge is 2.21. The minimum absolute atomic E-state index is 0.517. The van der Waals surface area contributed by atoms with E-state index in [1.807, 2.05) is 6.07 Å². The average molecular weight is 310 g/mol. The van der Waals surface area contributed by atoms with Crippen LogP contribution >= 0.6 is 0 Å². The molecule has 0 aliphatic carbocycles. The second-order valence-corrected chi connectivity index (χ2v) is 5.32. The number of ether oxygens (including phenoxy) is 3.